The summed E-state index contributed by atoms with van der Waals surface area (Å²) in [5.74, 6) is -0.472. The summed E-state index contributed by atoms with van der Waals surface area (Å²) in [6.45, 7) is 9.68. The van der Waals surface area contributed by atoms with E-state index in [0.717, 1.165) is 10.9 Å². The molecule has 0 saturated heterocycles. The molecule has 5 heteroatoms. The molecule has 0 saturated carbocycles. The number of carbonyl (C=O) groups is 1. The van der Waals surface area contributed by atoms with Crippen molar-refractivity contribution in [2.45, 2.75) is 20.8 Å². The van der Waals surface area contributed by atoms with Crippen LogP contribution in [0.1, 0.15) is 36.8 Å². The highest BCUT2D eigenvalue weighted by molar-refractivity contribution is 6.00. The van der Waals surface area contributed by atoms with Crippen molar-refractivity contribution in [2.75, 3.05) is 0 Å². The predicted octanol–water partition coefficient (Wildman–Crippen LogP) is 3.12. The van der Waals surface area contributed by atoms with Gasteiger partial charge in [-0.1, -0.05) is 18.7 Å². The number of aromatic nitrogens is 2. The SMILES string of the molecule is C/C=C\C.C=C(/C=C(\C)N)c1n[nH]c2ccc(C(N)=O)cc12. The van der Waals surface area contributed by atoms with Crippen molar-refractivity contribution < 1.29 is 4.79 Å². The quantitative estimate of drug-likeness (QED) is 0.599. The van der Waals surface area contributed by atoms with Crippen LogP contribution in [-0.4, -0.2) is 16.1 Å². The molecule has 1 amide bonds. The Balaban J connectivity index is 0.000000541. The van der Waals surface area contributed by atoms with E-state index >= 15 is 0 Å². The fourth-order valence-electron chi connectivity index (χ4n) is 1.76. The zero-order valence-corrected chi connectivity index (χ0v) is 13.2. The second-order valence-electron chi connectivity index (χ2n) is 4.78. The molecule has 5 nitrogen and oxygen atoms in total. The first-order valence-electron chi connectivity index (χ1n) is 6.89. The number of H-pyrrole nitrogens is 1. The summed E-state index contributed by atoms with van der Waals surface area (Å²) in [7, 11) is 0. The number of hydrogen-bond acceptors (Lipinski definition) is 3. The number of carbonyl (C=O) groups excluding carboxylic acids is 1. The minimum absolute atomic E-state index is 0.436. The van der Waals surface area contributed by atoms with Crippen LogP contribution in [0.25, 0.3) is 16.5 Å². The molecule has 0 unspecified atom stereocenters. The monoisotopic (exact) mass is 298 g/mol. The second kappa shape index (κ2) is 7.83. The van der Waals surface area contributed by atoms with Crippen molar-refractivity contribution in [3.8, 4) is 0 Å². The van der Waals surface area contributed by atoms with Gasteiger partial charge in [-0.05, 0) is 50.6 Å². The van der Waals surface area contributed by atoms with Gasteiger partial charge < -0.3 is 11.5 Å². The van der Waals surface area contributed by atoms with Crippen molar-refractivity contribution >= 4 is 22.4 Å². The lowest BCUT2D eigenvalue weighted by Gasteiger charge is -1.99. The molecule has 2 rings (SSSR count). The number of allylic oxidation sites excluding steroid dienone is 5. The third kappa shape index (κ3) is 4.34. The van der Waals surface area contributed by atoms with Gasteiger partial charge in [0.25, 0.3) is 0 Å². The zero-order chi connectivity index (χ0) is 16.7. The van der Waals surface area contributed by atoms with E-state index in [2.05, 4.69) is 16.8 Å². The summed E-state index contributed by atoms with van der Waals surface area (Å²) in [5, 5.41) is 7.85. The van der Waals surface area contributed by atoms with Gasteiger partial charge in [-0.3, -0.25) is 9.89 Å². The third-order valence-electron chi connectivity index (χ3n) is 2.89. The highest BCUT2D eigenvalue weighted by Gasteiger charge is 2.10. The molecule has 0 fully saturated rings. The van der Waals surface area contributed by atoms with E-state index in [1.807, 2.05) is 26.0 Å². The fourth-order valence-corrected chi connectivity index (χ4v) is 1.76. The molecule has 0 aliphatic rings. The molecule has 22 heavy (non-hydrogen) atoms. The number of nitrogens with two attached hydrogens (primary N) is 2. The van der Waals surface area contributed by atoms with Gasteiger partial charge in [0.2, 0.25) is 5.91 Å². The van der Waals surface area contributed by atoms with Crippen molar-refractivity contribution in [3.05, 3.63) is 60.0 Å². The van der Waals surface area contributed by atoms with E-state index < -0.39 is 5.91 Å². The van der Waals surface area contributed by atoms with Crippen LogP contribution in [0.15, 0.2) is 48.7 Å². The van der Waals surface area contributed by atoms with Gasteiger partial charge in [0.1, 0.15) is 0 Å². The first-order valence-corrected chi connectivity index (χ1v) is 6.89. The normalized spacial score (nSPS) is 11.3. The smallest absolute Gasteiger partial charge is 0.248 e. The summed E-state index contributed by atoms with van der Waals surface area (Å²) < 4.78 is 0. The topological polar surface area (TPSA) is 97.8 Å². The highest BCUT2D eigenvalue weighted by Crippen LogP contribution is 2.23. The molecule has 1 heterocycles. The van der Waals surface area contributed by atoms with E-state index in [-0.39, 0.29) is 0 Å². The molecule has 0 radical (unpaired) electrons. The summed E-state index contributed by atoms with van der Waals surface area (Å²) in [6.07, 6.45) is 5.73. The first kappa shape index (κ1) is 17.2. The molecule has 116 valence electrons. The van der Waals surface area contributed by atoms with Crippen molar-refractivity contribution in [3.63, 3.8) is 0 Å². The van der Waals surface area contributed by atoms with Crippen molar-refractivity contribution in [2.24, 2.45) is 11.5 Å². The minimum atomic E-state index is -0.472. The summed E-state index contributed by atoms with van der Waals surface area (Å²) in [6, 6.07) is 5.11. The number of benzene rings is 1. The van der Waals surface area contributed by atoms with Crippen LogP contribution in [0.4, 0.5) is 0 Å². The Morgan fingerprint density at radius 2 is 1.91 bits per heavy atom. The molecule has 0 atom stereocenters. The van der Waals surface area contributed by atoms with Gasteiger partial charge in [-0.2, -0.15) is 5.10 Å². The highest BCUT2D eigenvalue weighted by atomic mass is 16.1. The Bertz CT molecular complexity index is 730. The molecule has 0 spiro atoms. The Kier molecular flexibility index (Phi) is 6.13. The molecule has 1 aromatic heterocycles. The molecule has 0 bridgehead atoms. The first-order chi connectivity index (χ1) is 10.4. The number of nitrogens with one attached hydrogen (secondary N) is 1. The predicted molar refractivity (Wildman–Crippen MR) is 92.1 cm³/mol. The number of fused-ring (bicyclic) bond motifs is 1. The number of hydrogen-bond donors (Lipinski definition) is 3. The third-order valence-corrected chi connectivity index (χ3v) is 2.89. The van der Waals surface area contributed by atoms with Crippen LogP contribution >= 0.6 is 0 Å². The molecule has 0 aliphatic heterocycles. The number of nitrogens with zero attached hydrogens (tertiary/aromatic N) is 1. The number of primary amides is 1. The van der Waals surface area contributed by atoms with Gasteiger partial charge in [0, 0.05) is 16.6 Å². The van der Waals surface area contributed by atoms with Crippen LogP contribution in [-0.2, 0) is 0 Å². The summed E-state index contributed by atoms with van der Waals surface area (Å²) >= 11 is 0. The van der Waals surface area contributed by atoms with E-state index in [1.54, 1.807) is 31.2 Å². The Hall–Kier alpha value is -2.82. The number of amides is 1. The maximum absolute atomic E-state index is 11.2. The lowest BCUT2D eigenvalue weighted by molar-refractivity contribution is 0.100. The number of rotatable bonds is 3. The Morgan fingerprint density at radius 1 is 1.27 bits per heavy atom. The summed E-state index contributed by atoms with van der Waals surface area (Å²) in [4.78, 5) is 11.2. The van der Waals surface area contributed by atoms with Gasteiger partial charge in [0.15, 0.2) is 0 Å². The minimum Gasteiger partial charge on any atom is -0.402 e. The van der Waals surface area contributed by atoms with Gasteiger partial charge in [0.05, 0.1) is 11.2 Å². The van der Waals surface area contributed by atoms with E-state index in [0.29, 0.717) is 22.5 Å². The van der Waals surface area contributed by atoms with Crippen LogP contribution < -0.4 is 11.5 Å². The molecular formula is C17H22N4O. The number of aromatic amines is 1. The van der Waals surface area contributed by atoms with Crippen LogP contribution in [0.3, 0.4) is 0 Å². The lowest BCUT2D eigenvalue weighted by Crippen LogP contribution is -2.10. The molecule has 0 aliphatic carbocycles. The average molecular weight is 298 g/mol. The van der Waals surface area contributed by atoms with Gasteiger partial charge in [-0.25, -0.2) is 0 Å². The Labute approximate surface area is 130 Å². The zero-order valence-electron chi connectivity index (χ0n) is 13.2. The van der Waals surface area contributed by atoms with Crippen molar-refractivity contribution in [1.29, 1.82) is 0 Å². The molecular weight excluding hydrogens is 276 g/mol. The average Bonchev–Trinajstić information content (AvgIpc) is 2.89. The largest absolute Gasteiger partial charge is 0.402 e. The fraction of sp³-hybridized carbons (Fsp3) is 0.176. The van der Waals surface area contributed by atoms with Crippen LogP contribution in [0.5, 0.6) is 0 Å². The standard InChI is InChI=1S/C13H14N4O.C4H8/c1-7(5-8(2)14)12-10-6-9(13(15)18)3-4-11(10)16-17-12;1-3-4-2/h3-6H,1,14H2,2H3,(H2,15,18)(H,16,17);3-4H,1-2H3/b8-5+;4-3-. The maximum atomic E-state index is 11.2. The molecule has 1 aromatic carbocycles. The van der Waals surface area contributed by atoms with E-state index in [1.165, 1.54) is 0 Å². The van der Waals surface area contributed by atoms with Gasteiger partial charge >= 0.3 is 0 Å². The lowest BCUT2D eigenvalue weighted by atomic mass is 10.1. The van der Waals surface area contributed by atoms with Crippen molar-refractivity contribution in [1.82, 2.24) is 10.2 Å². The Morgan fingerprint density at radius 3 is 2.41 bits per heavy atom. The maximum Gasteiger partial charge on any atom is 0.248 e. The van der Waals surface area contributed by atoms with Crippen LogP contribution in [0, 0.1) is 0 Å². The van der Waals surface area contributed by atoms with Crippen LogP contribution in [0.2, 0.25) is 0 Å². The second-order valence-corrected chi connectivity index (χ2v) is 4.78. The van der Waals surface area contributed by atoms with E-state index in [9.17, 15) is 4.79 Å². The van der Waals surface area contributed by atoms with E-state index in [4.69, 9.17) is 11.5 Å². The molecule has 5 N–H and O–H groups in total. The van der Waals surface area contributed by atoms with Gasteiger partial charge in [-0.15, -0.1) is 0 Å². The molecule has 2 aromatic rings. The summed E-state index contributed by atoms with van der Waals surface area (Å²) in [5.41, 5.74) is 14.1.